The average molecular weight is 375 g/mol. The Morgan fingerprint density at radius 1 is 0.929 bits per heavy atom. The number of fused-ring (bicyclic) bond motifs is 2. The molecule has 2 heterocycles. The van der Waals surface area contributed by atoms with Crippen molar-refractivity contribution in [3.63, 3.8) is 0 Å². The van der Waals surface area contributed by atoms with Crippen LogP contribution in [0.4, 0.5) is 0 Å². The van der Waals surface area contributed by atoms with E-state index in [2.05, 4.69) is 15.8 Å². The summed E-state index contributed by atoms with van der Waals surface area (Å²) in [5.74, 6) is 0.700. The molecule has 1 aliphatic heterocycles. The van der Waals surface area contributed by atoms with E-state index in [0.29, 0.717) is 28.5 Å². The number of rotatable bonds is 3. The number of para-hydroxylation sites is 1. The van der Waals surface area contributed by atoms with Gasteiger partial charge in [0.1, 0.15) is 0 Å². The highest BCUT2D eigenvalue weighted by atomic mass is 16.7. The number of nitrogens with zero attached hydrogens (tertiary/aromatic N) is 1. The normalized spacial score (nSPS) is 14.7. The van der Waals surface area contributed by atoms with E-state index in [1.54, 1.807) is 18.2 Å². The lowest BCUT2D eigenvalue weighted by Gasteiger charge is -2.11. The maximum Gasteiger partial charge on any atom is 0.270 e. The molecule has 0 spiro atoms. The SMILES string of the molecule is O=C(NNC(=O)c1cc(C2CC2)nc2ccccc12)c1ccc2c(c1)OCO2. The molecule has 2 aromatic carbocycles. The third kappa shape index (κ3) is 3.00. The molecule has 0 bridgehead atoms. The largest absolute Gasteiger partial charge is 0.454 e. The van der Waals surface area contributed by atoms with Gasteiger partial charge in [-0.1, -0.05) is 18.2 Å². The smallest absolute Gasteiger partial charge is 0.270 e. The third-order valence-corrected chi connectivity index (χ3v) is 4.90. The van der Waals surface area contributed by atoms with Gasteiger partial charge in [0.05, 0.1) is 11.1 Å². The van der Waals surface area contributed by atoms with Crippen LogP contribution in [0.1, 0.15) is 45.2 Å². The van der Waals surface area contributed by atoms with Crippen molar-refractivity contribution in [1.29, 1.82) is 0 Å². The lowest BCUT2D eigenvalue weighted by molar-refractivity contribution is 0.0847. The number of hydrogen-bond donors (Lipinski definition) is 2. The van der Waals surface area contributed by atoms with Crippen molar-refractivity contribution >= 4 is 22.7 Å². The molecular weight excluding hydrogens is 358 g/mol. The topological polar surface area (TPSA) is 89.6 Å². The number of amides is 2. The number of hydrogen-bond acceptors (Lipinski definition) is 5. The molecule has 0 atom stereocenters. The number of pyridine rings is 1. The Kier molecular flexibility index (Phi) is 3.86. The molecule has 1 aromatic heterocycles. The zero-order valence-corrected chi connectivity index (χ0v) is 14.9. The van der Waals surface area contributed by atoms with Gasteiger partial charge in [-0.05, 0) is 43.2 Å². The van der Waals surface area contributed by atoms with Crippen LogP contribution in [0.25, 0.3) is 10.9 Å². The van der Waals surface area contributed by atoms with Crippen LogP contribution in [0.3, 0.4) is 0 Å². The van der Waals surface area contributed by atoms with Crippen LogP contribution in [0.5, 0.6) is 11.5 Å². The highest BCUT2D eigenvalue weighted by molar-refractivity contribution is 6.07. The first-order valence-corrected chi connectivity index (χ1v) is 9.09. The molecule has 140 valence electrons. The minimum absolute atomic E-state index is 0.135. The molecule has 2 aliphatic rings. The van der Waals surface area contributed by atoms with Crippen molar-refractivity contribution in [2.75, 3.05) is 6.79 Å². The van der Waals surface area contributed by atoms with E-state index in [1.165, 1.54) is 0 Å². The highest BCUT2D eigenvalue weighted by Gasteiger charge is 2.27. The first-order chi connectivity index (χ1) is 13.7. The van der Waals surface area contributed by atoms with Gasteiger partial charge >= 0.3 is 0 Å². The van der Waals surface area contributed by atoms with Gasteiger partial charge in [0.15, 0.2) is 11.5 Å². The quantitative estimate of drug-likeness (QED) is 0.687. The number of nitrogens with one attached hydrogen (secondary N) is 2. The van der Waals surface area contributed by atoms with Gasteiger partial charge in [-0.15, -0.1) is 0 Å². The summed E-state index contributed by atoms with van der Waals surface area (Å²) >= 11 is 0. The van der Waals surface area contributed by atoms with Crippen LogP contribution in [-0.2, 0) is 0 Å². The molecule has 5 rings (SSSR count). The first-order valence-electron chi connectivity index (χ1n) is 9.09. The molecule has 1 aliphatic carbocycles. The molecule has 3 aromatic rings. The van der Waals surface area contributed by atoms with Crippen molar-refractivity contribution in [3.05, 3.63) is 65.4 Å². The maximum atomic E-state index is 12.8. The van der Waals surface area contributed by atoms with E-state index in [1.807, 2.05) is 30.3 Å². The number of aromatic nitrogens is 1. The van der Waals surface area contributed by atoms with Crippen molar-refractivity contribution in [3.8, 4) is 11.5 Å². The fourth-order valence-corrected chi connectivity index (χ4v) is 3.26. The van der Waals surface area contributed by atoms with Crippen LogP contribution in [0.2, 0.25) is 0 Å². The molecule has 0 saturated heterocycles. The van der Waals surface area contributed by atoms with Gasteiger partial charge in [-0.2, -0.15) is 0 Å². The number of carbonyl (C=O) groups excluding carboxylic acids is 2. The standard InChI is InChI=1S/C21H17N3O4/c25-20(13-7-8-18-19(9-13)28-11-27-18)23-24-21(26)15-10-17(12-5-6-12)22-16-4-2-1-3-14(15)16/h1-4,7-10,12H,5-6,11H2,(H,23,25)(H,24,26). The predicted octanol–water partition coefficient (Wildman–Crippen LogP) is 2.92. The second-order valence-electron chi connectivity index (χ2n) is 6.86. The zero-order valence-electron chi connectivity index (χ0n) is 14.9. The van der Waals surface area contributed by atoms with E-state index in [9.17, 15) is 9.59 Å². The van der Waals surface area contributed by atoms with Gasteiger partial charge in [-0.3, -0.25) is 25.4 Å². The summed E-state index contributed by atoms with van der Waals surface area (Å²) in [5, 5.41) is 0.752. The van der Waals surface area contributed by atoms with Crippen LogP contribution in [0, 0.1) is 0 Å². The number of ether oxygens (including phenoxy) is 2. The Bertz CT molecular complexity index is 1110. The van der Waals surface area contributed by atoms with E-state index < -0.39 is 5.91 Å². The van der Waals surface area contributed by atoms with Gasteiger partial charge < -0.3 is 9.47 Å². The van der Waals surface area contributed by atoms with E-state index in [0.717, 1.165) is 29.4 Å². The number of benzene rings is 2. The molecule has 0 unspecified atom stereocenters. The highest BCUT2D eigenvalue weighted by Crippen LogP contribution is 2.40. The summed E-state index contributed by atoms with van der Waals surface area (Å²) in [5.41, 5.74) is 7.53. The van der Waals surface area contributed by atoms with Crippen molar-refractivity contribution < 1.29 is 19.1 Å². The molecule has 7 heteroatoms. The second-order valence-corrected chi connectivity index (χ2v) is 6.86. The third-order valence-electron chi connectivity index (χ3n) is 4.90. The van der Waals surface area contributed by atoms with Gasteiger partial charge in [0.25, 0.3) is 11.8 Å². The summed E-state index contributed by atoms with van der Waals surface area (Å²) in [6.07, 6.45) is 2.18. The maximum absolute atomic E-state index is 12.8. The molecular formula is C21H17N3O4. The van der Waals surface area contributed by atoms with E-state index >= 15 is 0 Å². The number of carbonyl (C=O) groups is 2. The molecule has 28 heavy (non-hydrogen) atoms. The number of hydrazine groups is 1. The summed E-state index contributed by atoms with van der Waals surface area (Å²) < 4.78 is 10.5. The molecule has 1 fully saturated rings. The van der Waals surface area contributed by atoms with E-state index in [4.69, 9.17) is 9.47 Å². The van der Waals surface area contributed by atoms with Crippen molar-refractivity contribution in [1.82, 2.24) is 15.8 Å². The van der Waals surface area contributed by atoms with Crippen molar-refractivity contribution in [2.45, 2.75) is 18.8 Å². The fraction of sp³-hybridized carbons (Fsp3) is 0.190. The van der Waals surface area contributed by atoms with E-state index in [-0.39, 0.29) is 12.7 Å². The Hall–Kier alpha value is -3.61. The summed E-state index contributed by atoms with van der Waals surface area (Å²) in [7, 11) is 0. The van der Waals surface area contributed by atoms with Gasteiger partial charge in [0.2, 0.25) is 6.79 Å². The summed E-state index contributed by atoms with van der Waals surface area (Å²) in [6, 6.07) is 14.2. The zero-order chi connectivity index (χ0) is 19.1. The summed E-state index contributed by atoms with van der Waals surface area (Å²) in [6.45, 7) is 0.135. The Balaban J connectivity index is 1.36. The van der Waals surface area contributed by atoms with Crippen LogP contribution >= 0.6 is 0 Å². The molecule has 1 saturated carbocycles. The van der Waals surface area contributed by atoms with Crippen LogP contribution in [0.15, 0.2) is 48.5 Å². The molecule has 2 N–H and O–H groups in total. The fourth-order valence-electron chi connectivity index (χ4n) is 3.26. The predicted molar refractivity (Wildman–Crippen MR) is 101 cm³/mol. The van der Waals surface area contributed by atoms with Crippen molar-refractivity contribution in [2.24, 2.45) is 0 Å². The van der Waals surface area contributed by atoms with Crippen LogP contribution in [-0.4, -0.2) is 23.6 Å². The van der Waals surface area contributed by atoms with Gasteiger partial charge in [0, 0.05) is 22.6 Å². The first kappa shape index (κ1) is 16.6. The van der Waals surface area contributed by atoms with Gasteiger partial charge in [-0.25, -0.2) is 0 Å². The summed E-state index contributed by atoms with van der Waals surface area (Å²) in [4.78, 5) is 29.8. The lowest BCUT2D eigenvalue weighted by atomic mass is 10.1. The lowest BCUT2D eigenvalue weighted by Crippen LogP contribution is -2.41. The molecule has 7 nitrogen and oxygen atoms in total. The minimum Gasteiger partial charge on any atom is -0.454 e. The monoisotopic (exact) mass is 375 g/mol. The Morgan fingerprint density at radius 2 is 1.71 bits per heavy atom. The minimum atomic E-state index is -0.438. The average Bonchev–Trinajstić information content (AvgIpc) is 3.48. The Morgan fingerprint density at radius 3 is 2.57 bits per heavy atom. The second kappa shape index (κ2) is 6.53. The van der Waals surface area contributed by atoms with Crippen LogP contribution < -0.4 is 20.3 Å². The molecule has 0 radical (unpaired) electrons. The molecule has 2 amide bonds. The Labute approximate surface area is 160 Å².